The van der Waals surface area contributed by atoms with Gasteiger partial charge in [0.25, 0.3) is 0 Å². The second kappa shape index (κ2) is 11.4. The molecule has 0 unspecified atom stereocenters. The number of ether oxygens (including phenoxy) is 3. The van der Waals surface area contributed by atoms with Gasteiger partial charge < -0.3 is 24.4 Å². The largest absolute Gasteiger partial charge is 0.493 e. The molecule has 194 valence electrons. The van der Waals surface area contributed by atoms with Crippen LogP contribution in [0.5, 0.6) is 17.4 Å². The number of likely N-dealkylation sites (N-methyl/N-ethyl adjacent to an activating group) is 1. The average molecular weight is 508 g/mol. The summed E-state index contributed by atoms with van der Waals surface area (Å²) >= 11 is 0. The lowest BCUT2D eigenvalue weighted by Gasteiger charge is -2.32. The summed E-state index contributed by atoms with van der Waals surface area (Å²) in [4.78, 5) is 13.4. The Morgan fingerprint density at radius 1 is 1.03 bits per heavy atom. The highest BCUT2D eigenvalue weighted by molar-refractivity contribution is 5.93. The van der Waals surface area contributed by atoms with Crippen LogP contribution in [0.2, 0.25) is 0 Å². The Morgan fingerprint density at radius 3 is 2.70 bits per heavy atom. The van der Waals surface area contributed by atoms with E-state index in [4.69, 9.17) is 14.2 Å². The summed E-state index contributed by atoms with van der Waals surface area (Å²) in [7, 11) is 3.71. The van der Waals surface area contributed by atoms with Gasteiger partial charge in [-0.05, 0) is 36.9 Å². The van der Waals surface area contributed by atoms with Gasteiger partial charge >= 0.3 is 0 Å². The summed E-state index contributed by atoms with van der Waals surface area (Å²) in [5.41, 5.74) is 2.04. The third-order valence-electron chi connectivity index (χ3n) is 6.28. The highest BCUT2D eigenvalue weighted by Crippen LogP contribution is 2.34. The first-order chi connectivity index (χ1) is 18.1. The lowest BCUT2D eigenvalue weighted by Crippen LogP contribution is -2.45. The van der Waals surface area contributed by atoms with Gasteiger partial charge in [0.15, 0.2) is 17.1 Å². The molecule has 0 amide bonds. The van der Waals surface area contributed by atoms with Gasteiger partial charge in [0, 0.05) is 44.5 Å². The van der Waals surface area contributed by atoms with Crippen molar-refractivity contribution < 1.29 is 18.6 Å². The summed E-state index contributed by atoms with van der Waals surface area (Å²) in [5.74, 6) is 1.78. The second-order valence-corrected chi connectivity index (χ2v) is 8.88. The van der Waals surface area contributed by atoms with E-state index in [1.807, 2.05) is 18.2 Å². The second-order valence-electron chi connectivity index (χ2n) is 8.88. The van der Waals surface area contributed by atoms with E-state index < -0.39 is 0 Å². The van der Waals surface area contributed by atoms with Gasteiger partial charge in [-0.3, -0.25) is 10.00 Å². The minimum atomic E-state index is -0.300. The predicted molar refractivity (Wildman–Crippen MR) is 138 cm³/mol. The molecule has 10 nitrogen and oxygen atoms in total. The molecule has 0 saturated carbocycles. The number of nitrogens with one attached hydrogen (secondary N) is 2. The van der Waals surface area contributed by atoms with E-state index >= 15 is 0 Å². The number of aromatic nitrogens is 4. The number of rotatable bonds is 10. The van der Waals surface area contributed by atoms with Crippen molar-refractivity contribution >= 4 is 22.5 Å². The van der Waals surface area contributed by atoms with Crippen LogP contribution in [0.15, 0.2) is 48.8 Å². The predicted octanol–water partition coefficient (Wildman–Crippen LogP) is 3.45. The number of aromatic amines is 1. The molecule has 0 radical (unpaired) electrons. The minimum absolute atomic E-state index is 0.220. The number of hydrogen-bond donors (Lipinski definition) is 2. The van der Waals surface area contributed by atoms with E-state index in [1.54, 1.807) is 19.2 Å². The molecule has 1 saturated heterocycles. The number of H-pyrrole nitrogens is 1. The first-order valence-corrected chi connectivity index (χ1v) is 12.1. The Labute approximate surface area is 214 Å². The Hall–Kier alpha value is -3.96. The van der Waals surface area contributed by atoms with E-state index in [1.165, 1.54) is 18.5 Å². The Morgan fingerprint density at radius 2 is 1.89 bits per heavy atom. The van der Waals surface area contributed by atoms with Crippen molar-refractivity contribution in [3.63, 3.8) is 0 Å². The van der Waals surface area contributed by atoms with Crippen LogP contribution in [0.3, 0.4) is 0 Å². The van der Waals surface area contributed by atoms with Crippen LogP contribution in [0.25, 0.3) is 11.0 Å². The molecule has 1 aliphatic heterocycles. The molecule has 2 aromatic heterocycles. The Kier molecular flexibility index (Phi) is 7.62. The maximum atomic E-state index is 13.5. The van der Waals surface area contributed by atoms with Gasteiger partial charge in [0.2, 0.25) is 5.88 Å². The Balaban J connectivity index is 1.27. The molecule has 0 bridgehead atoms. The molecular formula is C26H30FN7O3. The average Bonchev–Trinajstić information content (AvgIpc) is 3.33. The van der Waals surface area contributed by atoms with Gasteiger partial charge in [0.1, 0.15) is 36.6 Å². The number of anilines is 2. The fourth-order valence-electron chi connectivity index (χ4n) is 4.16. The summed E-state index contributed by atoms with van der Waals surface area (Å²) in [6.07, 6.45) is 1.46. The van der Waals surface area contributed by atoms with Gasteiger partial charge in [0.05, 0.1) is 7.11 Å². The number of hydrogen-bond acceptors (Lipinski definition) is 9. The molecule has 1 fully saturated rings. The number of halogens is 1. The fraction of sp³-hybridized carbons (Fsp3) is 0.346. The maximum Gasteiger partial charge on any atom is 0.246 e. The molecule has 2 aromatic carbocycles. The molecule has 3 heterocycles. The smallest absolute Gasteiger partial charge is 0.246 e. The zero-order chi connectivity index (χ0) is 25.6. The molecule has 4 aromatic rings. The van der Waals surface area contributed by atoms with Crippen LogP contribution in [-0.2, 0) is 6.61 Å². The standard InChI is InChI=1S/C26H30FN7O3/c1-33-8-10-34(11-9-33)12-13-36-26-23-24(28-17-29-25(23)31-32-26)30-20-6-7-21(22(15-20)35-2)37-16-18-4-3-5-19(27)14-18/h3-7,14-15,17H,8-13,16H2,1-2H3,(H2,28,29,30,31,32). The maximum absolute atomic E-state index is 13.5. The molecule has 0 spiro atoms. The van der Waals surface area contributed by atoms with Crippen LogP contribution in [0.4, 0.5) is 15.9 Å². The first-order valence-electron chi connectivity index (χ1n) is 12.1. The fourth-order valence-corrected chi connectivity index (χ4v) is 4.16. The van der Waals surface area contributed by atoms with E-state index in [0.29, 0.717) is 40.8 Å². The van der Waals surface area contributed by atoms with Crippen molar-refractivity contribution in [3.8, 4) is 17.4 Å². The lowest BCUT2D eigenvalue weighted by molar-refractivity contribution is 0.133. The quantitative estimate of drug-likeness (QED) is 0.334. The van der Waals surface area contributed by atoms with E-state index in [9.17, 15) is 4.39 Å². The number of nitrogens with zero attached hydrogens (tertiary/aromatic N) is 5. The van der Waals surface area contributed by atoms with Crippen LogP contribution < -0.4 is 19.5 Å². The van der Waals surface area contributed by atoms with Crippen LogP contribution in [0.1, 0.15) is 5.56 Å². The zero-order valence-electron chi connectivity index (χ0n) is 20.9. The number of piperazine rings is 1. The van der Waals surface area contributed by atoms with Gasteiger partial charge in [-0.25, -0.2) is 14.4 Å². The minimum Gasteiger partial charge on any atom is -0.493 e. The summed E-state index contributed by atoms with van der Waals surface area (Å²) < 4.78 is 30.9. The lowest BCUT2D eigenvalue weighted by atomic mass is 10.2. The highest BCUT2D eigenvalue weighted by atomic mass is 19.1. The van der Waals surface area contributed by atoms with Gasteiger partial charge in [-0.1, -0.05) is 12.1 Å². The normalized spacial score (nSPS) is 14.6. The van der Waals surface area contributed by atoms with Crippen LogP contribution in [-0.4, -0.2) is 83.5 Å². The van der Waals surface area contributed by atoms with Gasteiger partial charge in [-0.2, -0.15) is 0 Å². The molecule has 0 atom stereocenters. The summed E-state index contributed by atoms with van der Waals surface area (Å²) in [6.45, 7) is 5.74. The summed E-state index contributed by atoms with van der Waals surface area (Å²) in [5, 5.41) is 11.2. The Bertz CT molecular complexity index is 1340. The van der Waals surface area contributed by atoms with E-state index in [2.05, 4.69) is 42.3 Å². The van der Waals surface area contributed by atoms with Crippen molar-refractivity contribution in [1.29, 1.82) is 0 Å². The van der Waals surface area contributed by atoms with Crippen LogP contribution in [0, 0.1) is 5.82 Å². The topological polar surface area (TPSA) is 101 Å². The molecule has 1 aliphatic rings. The molecule has 11 heteroatoms. The number of benzene rings is 2. The molecule has 0 aliphatic carbocycles. The molecular weight excluding hydrogens is 477 g/mol. The van der Waals surface area contributed by atoms with Crippen molar-refractivity contribution in [2.75, 3.05) is 58.8 Å². The van der Waals surface area contributed by atoms with E-state index in [0.717, 1.165) is 44.0 Å². The van der Waals surface area contributed by atoms with Gasteiger partial charge in [-0.15, -0.1) is 5.10 Å². The molecule has 37 heavy (non-hydrogen) atoms. The van der Waals surface area contributed by atoms with Crippen molar-refractivity contribution in [2.24, 2.45) is 0 Å². The monoisotopic (exact) mass is 507 g/mol. The third kappa shape index (κ3) is 6.07. The van der Waals surface area contributed by atoms with E-state index in [-0.39, 0.29) is 12.4 Å². The highest BCUT2D eigenvalue weighted by Gasteiger charge is 2.17. The zero-order valence-corrected chi connectivity index (χ0v) is 20.9. The number of fused-ring (bicyclic) bond motifs is 1. The van der Waals surface area contributed by atoms with Crippen molar-refractivity contribution in [3.05, 3.63) is 60.2 Å². The van der Waals surface area contributed by atoms with Crippen LogP contribution >= 0.6 is 0 Å². The third-order valence-corrected chi connectivity index (χ3v) is 6.28. The SMILES string of the molecule is COc1cc(Nc2ncnc3[nH]nc(OCCN4CCN(C)CC4)c23)ccc1OCc1cccc(F)c1. The molecule has 5 rings (SSSR count). The van der Waals surface area contributed by atoms with Crippen molar-refractivity contribution in [2.45, 2.75) is 6.61 Å². The van der Waals surface area contributed by atoms with Crippen molar-refractivity contribution in [1.82, 2.24) is 30.0 Å². The first kappa shape index (κ1) is 24.7. The molecule has 2 N–H and O–H groups in total. The summed E-state index contributed by atoms with van der Waals surface area (Å²) in [6, 6.07) is 11.8. The number of methoxy groups -OCH3 is 1.